The zero-order chi connectivity index (χ0) is 22.2. The first-order valence-electron chi connectivity index (χ1n) is 9.64. The number of pyridine rings is 1. The highest BCUT2D eigenvalue weighted by atomic mass is 19.4. The zero-order valence-corrected chi connectivity index (χ0v) is 17.2. The van der Waals surface area contributed by atoms with Gasteiger partial charge in [0.25, 0.3) is 5.56 Å². The fourth-order valence-electron chi connectivity index (χ4n) is 3.82. The largest absolute Gasteiger partial charge is 0.416 e. The molecule has 1 unspecified atom stereocenters. The number of carbonyl (C=O) groups excluding carboxylic acids is 1. The standard InChI is InChI=1S/C23H23F3N2O2/c1-5-19(22(30)27-17-8-6-7-16(12-17)23(24,25)26)28-20(29)11-14(3)18-10-13(2)9-15(4)21(18)28/h6-12,19H,5H2,1-4H3,(H,27,30). The van der Waals surface area contributed by atoms with Crippen LogP contribution < -0.4 is 10.9 Å². The van der Waals surface area contributed by atoms with Gasteiger partial charge >= 0.3 is 6.18 Å². The Bertz CT molecular complexity index is 1180. The molecule has 0 radical (unpaired) electrons. The fraction of sp³-hybridized carbons (Fsp3) is 0.304. The molecule has 0 aliphatic rings. The van der Waals surface area contributed by atoms with Crippen LogP contribution in [0.5, 0.6) is 0 Å². The number of hydrogen-bond donors (Lipinski definition) is 1. The third-order valence-corrected chi connectivity index (χ3v) is 5.15. The van der Waals surface area contributed by atoms with Crippen molar-refractivity contribution in [1.29, 1.82) is 0 Å². The predicted octanol–water partition coefficient (Wildman–Crippen LogP) is 5.54. The Kier molecular flexibility index (Phi) is 5.74. The van der Waals surface area contributed by atoms with Crippen LogP contribution in [0.15, 0.2) is 47.3 Å². The van der Waals surface area contributed by atoms with Crippen LogP contribution in [0, 0.1) is 20.8 Å². The van der Waals surface area contributed by atoms with Gasteiger partial charge < -0.3 is 5.32 Å². The summed E-state index contributed by atoms with van der Waals surface area (Å²) in [6.07, 6.45) is -4.21. The molecular formula is C23H23F3N2O2. The molecule has 0 spiro atoms. The highest BCUT2D eigenvalue weighted by Gasteiger charge is 2.31. The number of anilines is 1. The number of halogens is 3. The van der Waals surface area contributed by atoms with E-state index >= 15 is 0 Å². The summed E-state index contributed by atoms with van der Waals surface area (Å²) in [6, 6.07) is 8.98. The molecule has 1 amide bonds. The summed E-state index contributed by atoms with van der Waals surface area (Å²) < 4.78 is 40.4. The second kappa shape index (κ2) is 7.97. The lowest BCUT2D eigenvalue weighted by molar-refractivity contribution is -0.137. The van der Waals surface area contributed by atoms with Crippen LogP contribution in [-0.2, 0) is 11.0 Å². The van der Waals surface area contributed by atoms with E-state index in [0.717, 1.165) is 34.2 Å². The average Bonchev–Trinajstić information content (AvgIpc) is 2.64. The molecule has 4 nitrogen and oxygen atoms in total. The monoisotopic (exact) mass is 416 g/mol. The van der Waals surface area contributed by atoms with Crippen molar-refractivity contribution in [3.05, 3.63) is 75.1 Å². The van der Waals surface area contributed by atoms with Crippen LogP contribution >= 0.6 is 0 Å². The van der Waals surface area contributed by atoms with E-state index in [1.165, 1.54) is 22.8 Å². The number of nitrogens with one attached hydrogen (secondary N) is 1. The third kappa shape index (κ3) is 4.10. The Hall–Kier alpha value is -3.09. The van der Waals surface area contributed by atoms with E-state index < -0.39 is 23.7 Å². The Morgan fingerprint density at radius 1 is 1.07 bits per heavy atom. The third-order valence-electron chi connectivity index (χ3n) is 5.15. The van der Waals surface area contributed by atoms with Crippen LogP contribution in [0.2, 0.25) is 0 Å². The van der Waals surface area contributed by atoms with Gasteiger partial charge in [-0.15, -0.1) is 0 Å². The molecule has 0 bridgehead atoms. The minimum Gasteiger partial charge on any atom is -0.324 e. The fourth-order valence-corrected chi connectivity index (χ4v) is 3.82. The number of fused-ring (bicyclic) bond motifs is 1. The average molecular weight is 416 g/mol. The molecule has 1 atom stereocenters. The predicted molar refractivity (Wildman–Crippen MR) is 112 cm³/mol. The van der Waals surface area contributed by atoms with E-state index in [2.05, 4.69) is 5.32 Å². The van der Waals surface area contributed by atoms with Gasteiger partial charge in [0, 0.05) is 17.1 Å². The van der Waals surface area contributed by atoms with Crippen molar-refractivity contribution in [1.82, 2.24) is 4.57 Å². The van der Waals surface area contributed by atoms with Gasteiger partial charge in [0.2, 0.25) is 5.91 Å². The number of rotatable bonds is 4. The van der Waals surface area contributed by atoms with Crippen molar-refractivity contribution in [2.45, 2.75) is 46.3 Å². The molecule has 158 valence electrons. The smallest absolute Gasteiger partial charge is 0.324 e. The topological polar surface area (TPSA) is 51.1 Å². The molecular weight excluding hydrogens is 393 g/mol. The van der Waals surface area contributed by atoms with Gasteiger partial charge in [0.05, 0.1) is 11.1 Å². The Balaban J connectivity index is 2.08. The van der Waals surface area contributed by atoms with Crippen molar-refractivity contribution in [2.24, 2.45) is 0 Å². The number of benzene rings is 2. The van der Waals surface area contributed by atoms with Crippen molar-refractivity contribution in [2.75, 3.05) is 5.32 Å². The molecule has 3 rings (SSSR count). The molecule has 0 aliphatic heterocycles. The van der Waals surface area contributed by atoms with Crippen LogP contribution in [-0.4, -0.2) is 10.5 Å². The number of hydrogen-bond acceptors (Lipinski definition) is 2. The molecule has 30 heavy (non-hydrogen) atoms. The number of aromatic nitrogens is 1. The van der Waals surface area contributed by atoms with Crippen LogP contribution in [0.3, 0.4) is 0 Å². The highest BCUT2D eigenvalue weighted by molar-refractivity contribution is 5.95. The van der Waals surface area contributed by atoms with Gasteiger partial charge in [-0.25, -0.2) is 0 Å². The maximum absolute atomic E-state index is 13.0. The normalized spacial score (nSPS) is 12.8. The minimum absolute atomic E-state index is 0.0327. The molecule has 1 heterocycles. The Morgan fingerprint density at radius 3 is 2.40 bits per heavy atom. The summed E-state index contributed by atoms with van der Waals surface area (Å²) in [4.78, 5) is 25.9. The summed E-state index contributed by atoms with van der Waals surface area (Å²) in [7, 11) is 0. The quantitative estimate of drug-likeness (QED) is 0.608. The van der Waals surface area contributed by atoms with E-state index in [1.807, 2.05) is 32.9 Å². The first-order valence-corrected chi connectivity index (χ1v) is 9.64. The van der Waals surface area contributed by atoms with E-state index in [9.17, 15) is 22.8 Å². The van der Waals surface area contributed by atoms with E-state index in [0.29, 0.717) is 11.9 Å². The lowest BCUT2D eigenvalue weighted by atomic mass is 10.0. The van der Waals surface area contributed by atoms with Gasteiger partial charge in [-0.1, -0.05) is 24.6 Å². The van der Waals surface area contributed by atoms with Gasteiger partial charge in [-0.05, 0) is 62.6 Å². The maximum Gasteiger partial charge on any atom is 0.416 e. The van der Waals surface area contributed by atoms with E-state index in [1.54, 1.807) is 6.92 Å². The van der Waals surface area contributed by atoms with Gasteiger partial charge in [-0.3, -0.25) is 14.2 Å². The second-order valence-corrected chi connectivity index (χ2v) is 7.51. The van der Waals surface area contributed by atoms with Crippen molar-refractivity contribution in [3.63, 3.8) is 0 Å². The molecule has 0 fully saturated rings. The number of alkyl halides is 3. The molecule has 0 saturated carbocycles. The molecule has 3 aromatic rings. The molecule has 0 aliphatic carbocycles. The van der Waals surface area contributed by atoms with Crippen molar-refractivity contribution in [3.8, 4) is 0 Å². The second-order valence-electron chi connectivity index (χ2n) is 7.51. The van der Waals surface area contributed by atoms with Crippen LogP contribution in [0.1, 0.15) is 41.6 Å². The van der Waals surface area contributed by atoms with Gasteiger partial charge in [0.15, 0.2) is 0 Å². The lowest BCUT2D eigenvalue weighted by Gasteiger charge is -2.22. The van der Waals surface area contributed by atoms with Crippen molar-refractivity contribution >= 4 is 22.5 Å². The number of nitrogens with zero attached hydrogens (tertiary/aromatic N) is 1. The van der Waals surface area contributed by atoms with E-state index in [-0.39, 0.29) is 11.2 Å². The number of aryl methyl sites for hydroxylation is 3. The Morgan fingerprint density at radius 2 is 1.77 bits per heavy atom. The molecule has 2 aromatic carbocycles. The summed E-state index contributed by atoms with van der Waals surface area (Å²) in [6.45, 7) is 7.44. The minimum atomic E-state index is -4.51. The Labute approximate surface area is 172 Å². The molecule has 1 aromatic heterocycles. The molecule has 0 saturated heterocycles. The zero-order valence-electron chi connectivity index (χ0n) is 17.2. The van der Waals surface area contributed by atoms with Crippen LogP contribution in [0.25, 0.3) is 10.9 Å². The van der Waals surface area contributed by atoms with Gasteiger partial charge in [0.1, 0.15) is 6.04 Å². The lowest BCUT2D eigenvalue weighted by Crippen LogP contribution is -2.33. The molecule has 7 heteroatoms. The first kappa shape index (κ1) is 21.6. The number of amides is 1. The van der Waals surface area contributed by atoms with Gasteiger partial charge in [-0.2, -0.15) is 13.2 Å². The van der Waals surface area contributed by atoms with Crippen LogP contribution in [0.4, 0.5) is 18.9 Å². The summed E-state index contributed by atoms with van der Waals surface area (Å²) >= 11 is 0. The SMILES string of the molecule is CCC(C(=O)Nc1cccc(C(F)(F)F)c1)n1c(=O)cc(C)c2cc(C)cc(C)c21. The number of carbonyl (C=O) groups is 1. The van der Waals surface area contributed by atoms with E-state index in [4.69, 9.17) is 0 Å². The molecule has 1 N–H and O–H groups in total. The summed E-state index contributed by atoms with van der Waals surface area (Å²) in [5.41, 5.74) is 2.23. The van der Waals surface area contributed by atoms with Crippen molar-refractivity contribution < 1.29 is 18.0 Å². The highest BCUT2D eigenvalue weighted by Crippen LogP contribution is 2.31. The maximum atomic E-state index is 13.0. The summed E-state index contributed by atoms with van der Waals surface area (Å²) in [5, 5.41) is 3.42. The first-order chi connectivity index (χ1) is 14.0. The summed E-state index contributed by atoms with van der Waals surface area (Å²) in [5.74, 6) is -0.538.